The molecule has 1 fully saturated rings. The lowest BCUT2D eigenvalue weighted by Gasteiger charge is -2.23. The molecular weight excluding hydrogens is 326 g/mol. The van der Waals surface area contributed by atoms with Gasteiger partial charge in [-0.25, -0.2) is 4.68 Å². The topological polar surface area (TPSA) is 60.2 Å². The summed E-state index contributed by atoms with van der Waals surface area (Å²) in [5, 5.41) is 16.0. The summed E-state index contributed by atoms with van der Waals surface area (Å²) in [5.74, 6) is 0.223. The Labute approximate surface area is 153 Å². The van der Waals surface area contributed by atoms with Crippen molar-refractivity contribution in [2.45, 2.75) is 51.7 Å². The van der Waals surface area contributed by atoms with Crippen LogP contribution in [0.3, 0.4) is 0 Å². The molecule has 5 nitrogen and oxygen atoms in total. The van der Waals surface area contributed by atoms with Crippen molar-refractivity contribution in [2.75, 3.05) is 6.61 Å². The fourth-order valence-corrected chi connectivity index (χ4v) is 3.46. The van der Waals surface area contributed by atoms with Crippen LogP contribution in [0, 0.1) is 0 Å². The van der Waals surface area contributed by atoms with Crippen molar-refractivity contribution in [3.63, 3.8) is 0 Å². The smallest absolute Gasteiger partial charge is 0.150 e. The zero-order valence-corrected chi connectivity index (χ0v) is 15.6. The van der Waals surface area contributed by atoms with Crippen molar-refractivity contribution in [1.82, 2.24) is 14.8 Å². The second-order valence-corrected chi connectivity index (χ2v) is 7.99. The summed E-state index contributed by atoms with van der Waals surface area (Å²) in [6.07, 6.45) is 6.75. The fourth-order valence-electron chi connectivity index (χ4n) is 3.46. The maximum absolute atomic E-state index is 10.8. The normalized spacial score (nSPS) is 18.3. The van der Waals surface area contributed by atoms with Gasteiger partial charge in [-0.1, -0.05) is 26.8 Å². The maximum Gasteiger partial charge on any atom is 0.150 e. The molecule has 4 rings (SSSR count). The van der Waals surface area contributed by atoms with Gasteiger partial charge in [-0.3, -0.25) is 4.98 Å². The Morgan fingerprint density at radius 3 is 2.62 bits per heavy atom. The van der Waals surface area contributed by atoms with Crippen molar-refractivity contribution in [1.29, 1.82) is 0 Å². The molecule has 0 bridgehead atoms. The number of ether oxygens (including phenoxy) is 1. The predicted molar refractivity (Wildman–Crippen MR) is 102 cm³/mol. The predicted octanol–water partition coefficient (Wildman–Crippen LogP) is 4.80. The summed E-state index contributed by atoms with van der Waals surface area (Å²) in [7, 11) is 0. The number of fused-ring (bicyclic) bond motifs is 1. The van der Waals surface area contributed by atoms with E-state index in [0.29, 0.717) is 0 Å². The fraction of sp³-hybridized carbons (Fsp3) is 0.429. The van der Waals surface area contributed by atoms with E-state index in [0.717, 1.165) is 48.0 Å². The van der Waals surface area contributed by atoms with Gasteiger partial charge in [0.05, 0.1) is 22.8 Å². The average molecular weight is 351 g/mol. The molecule has 1 aliphatic heterocycles. The molecule has 26 heavy (non-hydrogen) atoms. The third-order valence-electron chi connectivity index (χ3n) is 5.09. The molecule has 2 aromatic heterocycles. The van der Waals surface area contributed by atoms with Crippen molar-refractivity contribution in [2.24, 2.45) is 0 Å². The van der Waals surface area contributed by atoms with Crippen molar-refractivity contribution in [3.8, 4) is 17.0 Å². The van der Waals surface area contributed by atoms with Crippen LogP contribution in [0.2, 0.25) is 0 Å². The molecule has 1 aromatic carbocycles. The highest BCUT2D eigenvalue weighted by Crippen LogP contribution is 2.37. The summed E-state index contributed by atoms with van der Waals surface area (Å²) >= 11 is 0. The van der Waals surface area contributed by atoms with Crippen molar-refractivity contribution in [3.05, 3.63) is 42.2 Å². The molecule has 1 atom stereocenters. The molecule has 3 heterocycles. The lowest BCUT2D eigenvalue weighted by atomic mass is 9.88. The number of benzene rings is 1. The van der Waals surface area contributed by atoms with E-state index < -0.39 is 0 Å². The Morgan fingerprint density at radius 2 is 1.96 bits per heavy atom. The van der Waals surface area contributed by atoms with E-state index in [2.05, 4.69) is 36.9 Å². The van der Waals surface area contributed by atoms with Gasteiger partial charge >= 0.3 is 0 Å². The highest BCUT2D eigenvalue weighted by Gasteiger charge is 2.21. The second kappa shape index (κ2) is 6.40. The van der Waals surface area contributed by atoms with Crippen LogP contribution in [0.4, 0.5) is 0 Å². The van der Waals surface area contributed by atoms with Crippen LogP contribution in [0.5, 0.6) is 5.75 Å². The lowest BCUT2D eigenvalue weighted by Crippen LogP contribution is -2.18. The molecule has 0 aliphatic carbocycles. The minimum Gasteiger partial charge on any atom is -0.506 e. The van der Waals surface area contributed by atoms with Crippen LogP contribution >= 0.6 is 0 Å². The first kappa shape index (κ1) is 17.0. The first-order valence-electron chi connectivity index (χ1n) is 9.23. The number of phenolic OH excluding ortho intramolecular Hbond substituents is 1. The number of rotatable bonds is 2. The van der Waals surface area contributed by atoms with Crippen LogP contribution in [0.1, 0.15) is 51.8 Å². The molecule has 1 unspecified atom stereocenters. The highest BCUT2D eigenvalue weighted by atomic mass is 16.5. The van der Waals surface area contributed by atoms with Gasteiger partial charge in [0.25, 0.3) is 0 Å². The van der Waals surface area contributed by atoms with Gasteiger partial charge in [0.1, 0.15) is 5.75 Å². The van der Waals surface area contributed by atoms with Crippen LogP contribution in [0.15, 0.2) is 36.7 Å². The number of hydrogen-bond acceptors (Lipinski definition) is 4. The maximum atomic E-state index is 10.8. The number of aromatic nitrogens is 3. The third kappa shape index (κ3) is 2.97. The monoisotopic (exact) mass is 351 g/mol. The summed E-state index contributed by atoms with van der Waals surface area (Å²) in [5.41, 5.74) is 3.60. The molecule has 136 valence electrons. The molecule has 1 N–H and O–H groups in total. The number of phenols is 1. The largest absolute Gasteiger partial charge is 0.506 e. The first-order chi connectivity index (χ1) is 12.4. The van der Waals surface area contributed by atoms with Crippen LogP contribution in [0.25, 0.3) is 22.2 Å². The standard InChI is InChI=1S/C21H25N3O2/c1-21(2,3)14-7-9-17(22-12-14)15-8-10-18-16(20(15)25)13-23-24(18)19-6-4-5-11-26-19/h7-10,12-13,19,25H,4-6,11H2,1-3H3. The Morgan fingerprint density at radius 1 is 1.12 bits per heavy atom. The van der Waals surface area contributed by atoms with E-state index >= 15 is 0 Å². The van der Waals surface area contributed by atoms with Gasteiger partial charge in [0.2, 0.25) is 0 Å². The Bertz CT molecular complexity index is 917. The van der Waals surface area contributed by atoms with E-state index in [1.807, 2.05) is 29.1 Å². The van der Waals surface area contributed by atoms with E-state index in [1.165, 1.54) is 5.56 Å². The minimum atomic E-state index is -0.0457. The molecule has 0 spiro atoms. The average Bonchev–Trinajstić information content (AvgIpc) is 3.07. The Kier molecular flexibility index (Phi) is 4.19. The molecule has 3 aromatic rings. The summed E-state index contributed by atoms with van der Waals surface area (Å²) in [4.78, 5) is 4.57. The van der Waals surface area contributed by atoms with E-state index in [4.69, 9.17) is 4.74 Å². The number of aromatic hydroxyl groups is 1. The van der Waals surface area contributed by atoms with Gasteiger partial charge in [0, 0.05) is 18.4 Å². The van der Waals surface area contributed by atoms with E-state index in [-0.39, 0.29) is 17.4 Å². The molecule has 1 saturated heterocycles. The first-order valence-corrected chi connectivity index (χ1v) is 9.23. The molecule has 0 radical (unpaired) electrons. The van der Waals surface area contributed by atoms with Gasteiger partial charge in [-0.15, -0.1) is 0 Å². The van der Waals surface area contributed by atoms with Gasteiger partial charge in [-0.2, -0.15) is 5.10 Å². The van der Waals surface area contributed by atoms with Gasteiger partial charge in [-0.05, 0) is 48.4 Å². The molecular formula is C21H25N3O2. The van der Waals surface area contributed by atoms with E-state index in [1.54, 1.807) is 6.20 Å². The molecule has 0 amide bonds. The summed E-state index contributed by atoms with van der Waals surface area (Å²) in [6, 6.07) is 7.95. The van der Waals surface area contributed by atoms with Gasteiger partial charge < -0.3 is 9.84 Å². The van der Waals surface area contributed by atoms with Crippen molar-refractivity contribution < 1.29 is 9.84 Å². The second-order valence-electron chi connectivity index (χ2n) is 7.99. The van der Waals surface area contributed by atoms with E-state index in [9.17, 15) is 5.11 Å². The van der Waals surface area contributed by atoms with Crippen LogP contribution in [-0.2, 0) is 10.2 Å². The van der Waals surface area contributed by atoms with Crippen molar-refractivity contribution >= 4 is 10.9 Å². The highest BCUT2D eigenvalue weighted by molar-refractivity contribution is 5.92. The number of pyridine rings is 1. The third-order valence-corrected chi connectivity index (χ3v) is 5.09. The minimum absolute atomic E-state index is 0.0457. The Balaban J connectivity index is 1.72. The quantitative estimate of drug-likeness (QED) is 0.720. The number of hydrogen-bond donors (Lipinski definition) is 1. The zero-order valence-electron chi connectivity index (χ0n) is 15.6. The summed E-state index contributed by atoms with van der Waals surface area (Å²) < 4.78 is 7.72. The SMILES string of the molecule is CC(C)(C)c1ccc(-c2ccc3c(cnn3C3CCCCO3)c2O)nc1. The molecule has 1 aliphatic rings. The molecule has 0 saturated carbocycles. The Hall–Kier alpha value is -2.40. The van der Waals surface area contributed by atoms with Gasteiger partial charge in [0.15, 0.2) is 6.23 Å². The van der Waals surface area contributed by atoms with Crippen LogP contribution < -0.4 is 0 Å². The summed E-state index contributed by atoms with van der Waals surface area (Å²) in [6.45, 7) is 7.25. The molecule has 5 heteroatoms. The lowest BCUT2D eigenvalue weighted by molar-refractivity contribution is -0.0366. The zero-order chi connectivity index (χ0) is 18.3. The number of nitrogens with zero attached hydrogens (tertiary/aromatic N) is 3. The van der Waals surface area contributed by atoms with Crippen LogP contribution in [-0.4, -0.2) is 26.5 Å².